The monoisotopic (exact) mass is 359 g/mol. The van der Waals surface area contributed by atoms with Gasteiger partial charge in [0.15, 0.2) is 5.78 Å². The fourth-order valence-corrected chi connectivity index (χ4v) is 3.11. The molecule has 0 bridgehead atoms. The molecule has 0 unspecified atom stereocenters. The number of nitrogens with one attached hydrogen (secondary N) is 2. The van der Waals surface area contributed by atoms with Gasteiger partial charge in [0.05, 0.1) is 9.75 Å². The van der Waals surface area contributed by atoms with E-state index in [-0.39, 0.29) is 5.78 Å². The molecule has 132 valence electrons. The number of ketones is 1. The minimum absolute atomic E-state index is 0.0959. The molecule has 2 rings (SSSR count). The molecule has 2 aromatic rings. The minimum atomic E-state index is -0.453. The Morgan fingerprint density at radius 3 is 1.96 bits per heavy atom. The third kappa shape index (κ3) is 4.67. The van der Waals surface area contributed by atoms with Gasteiger partial charge in [-0.05, 0) is 57.2 Å². The predicted octanol–water partition coefficient (Wildman–Crippen LogP) is 2.87. The van der Waals surface area contributed by atoms with Gasteiger partial charge in [-0.3, -0.25) is 25.2 Å². The number of hydrogen-bond acceptors (Lipinski definition) is 5. The first kappa shape index (κ1) is 18.7. The summed E-state index contributed by atoms with van der Waals surface area (Å²) in [6, 6.07) is 10.3. The Morgan fingerprint density at radius 1 is 0.880 bits per heavy atom. The second-order valence-corrected chi connectivity index (χ2v) is 6.43. The molecule has 2 N–H and O–H groups in total. The third-order valence-corrected chi connectivity index (χ3v) is 4.91. The Morgan fingerprint density at radius 2 is 1.44 bits per heavy atom. The third-order valence-electron chi connectivity index (χ3n) is 3.72. The van der Waals surface area contributed by atoms with Gasteiger partial charge in [-0.2, -0.15) is 0 Å². The van der Waals surface area contributed by atoms with Gasteiger partial charge in [-0.15, -0.1) is 11.3 Å². The van der Waals surface area contributed by atoms with Crippen LogP contribution in [0.15, 0.2) is 36.4 Å². The molecule has 2 amide bonds. The van der Waals surface area contributed by atoms with Gasteiger partial charge in [-0.25, -0.2) is 0 Å². The van der Waals surface area contributed by atoms with E-state index in [1.807, 2.05) is 12.1 Å². The Balaban J connectivity index is 1.95. The van der Waals surface area contributed by atoms with Gasteiger partial charge in [0.2, 0.25) is 0 Å². The van der Waals surface area contributed by atoms with Crippen molar-refractivity contribution in [1.29, 1.82) is 0 Å². The molecule has 0 saturated heterocycles. The summed E-state index contributed by atoms with van der Waals surface area (Å²) in [6.45, 7) is 7.36. The standard InChI is InChI=1S/C18H21N3O3S/c1-4-21(5-2)14-8-6-13(7-9-14)17(23)19-20-18(24)16-11-10-15(25-16)12(3)22/h6-11H,4-5H2,1-3H3,(H,19,23)(H,20,24). The molecule has 0 aliphatic heterocycles. The lowest BCUT2D eigenvalue weighted by Crippen LogP contribution is -2.41. The Labute approximate surface area is 150 Å². The topological polar surface area (TPSA) is 78.5 Å². The highest BCUT2D eigenvalue weighted by Gasteiger charge is 2.13. The van der Waals surface area contributed by atoms with Gasteiger partial charge < -0.3 is 4.90 Å². The van der Waals surface area contributed by atoms with Crippen molar-refractivity contribution in [1.82, 2.24) is 10.9 Å². The molecule has 0 spiro atoms. The maximum Gasteiger partial charge on any atom is 0.279 e. The quantitative estimate of drug-likeness (QED) is 0.614. The highest BCUT2D eigenvalue weighted by atomic mass is 32.1. The van der Waals surface area contributed by atoms with Crippen molar-refractivity contribution in [3.63, 3.8) is 0 Å². The van der Waals surface area contributed by atoms with Gasteiger partial charge >= 0.3 is 0 Å². The minimum Gasteiger partial charge on any atom is -0.372 e. The summed E-state index contributed by atoms with van der Waals surface area (Å²) in [7, 11) is 0. The summed E-state index contributed by atoms with van der Waals surface area (Å²) < 4.78 is 0. The number of benzene rings is 1. The molecule has 0 aliphatic rings. The molecule has 0 aliphatic carbocycles. The zero-order valence-electron chi connectivity index (χ0n) is 14.5. The maximum absolute atomic E-state index is 12.1. The summed E-state index contributed by atoms with van der Waals surface area (Å²) in [5.74, 6) is -0.949. The van der Waals surface area contributed by atoms with E-state index in [1.54, 1.807) is 24.3 Å². The molecule has 1 aromatic heterocycles. The van der Waals surface area contributed by atoms with Crippen LogP contribution in [0.1, 0.15) is 50.5 Å². The van der Waals surface area contributed by atoms with Crippen molar-refractivity contribution in [2.45, 2.75) is 20.8 Å². The van der Waals surface area contributed by atoms with Crippen molar-refractivity contribution in [2.75, 3.05) is 18.0 Å². The molecule has 0 fully saturated rings. The molecule has 7 heteroatoms. The van der Waals surface area contributed by atoms with Crippen LogP contribution in [0.4, 0.5) is 5.69 Å². The number of hydrazine groups is 1. The number of rotatable bonds is 6. The van der Waals surface area contributed by atoms with Crippen molar-refractivity contribution in [3.05, 3.63) is 51.7 Å². The second-order valence-electron chi connectivity index (χ2n) is 5.35. The Kier molecular flexibility index (Phi) is 6.30. The van der Waals surface area contributed by atoms with Crippen LogP contribution in [0.5, 0.6) is 0 Å². The highest BCUT2D eigenvalue weighted by Crippen LogP contribution is 2.17. The van der Waals surface area contributed by atoms with Crippen molar-refractivity contribution in [3.8, 4) is 0 Å². The van der Waals surface area contributed by atoms with Crippen molar-refractivity contribution in [2.24, 2.45) is 0 Å². The van der Waals surface area contributed by atoms with Gasteiger partial charge in [0, 0.05) is 24.3 Å². The lowest BCUT2D eigenvalue weighted by atomic mass is 10.2. The number of thiophene rings is 1. The predicted molar refractivity (Wildman–Crippen MR) is 99.3 cm³/mol. The number of carbonyl (C=O) groups excluding carboxylic acids is 3. The van der Waals surface area contributed by atoms with Crippen LogP contribution < -0.4 is 15.8 Å². The zero-order chi connectivity index (χ0) is 18.4. The molecule has 0 atom stereocenters. The van der Waals surface area contributed by atoms with Crippen LogP contribution in [0.2, 0.25) is 0 Å². The summed E-state index contributed by atoms with van der Waals surface area (Å²) in [5, 5.41) is 0. The lowest BCUT2D eigenvalue weighted by Gasteiger charge is -2.21. The van der Waals surface area contributed by atoms with Gasteiger partial charge in [0.1, 0.15) is 0 Å². The summed E-state index contributed by atoms with van der Waals surface area (Å²) in [5.41, 5.74) is 6.23. The lowest BCUT2D eigenvalue weighted by molar-refractivity contribution is 0.0849. The summed E-state index contributed by atoms with van der Waals surface area (Å²) >= 11 is 1.09. The zero-order valence-corrected chi connectivity index (χ0v) is 15.3. The fraction of sp³-hybridized carbons (Fsp3) is 0.278. The van der Waals surface area contributed by atoms with E-state index in [0.717, 1.165) is 30.1 Å². The number of hydrogen-bond donors (Lipinski definition) is 2. The molecular formula is C18H21N3O3S. The van der Waals surface area contributed by atoms with Crippen LogP contribution in [-0.4, -0.2) is 30.7 Å². The molecule has 0 radical (unpaired) electrons. The van der Waals surface area contributed by atoms with Crippen LogP contribution in [-0.2, 0) is 0 Å². The molecule has 1 heterocycles. The molecule has 25 heavy (non-hydrogen) atoms. The van der Waals surface area contributed by atoms with Crippen LogP contribution in [0, 0.1) is 0 Å². The normalized spacial score (nSPS) is 10.2. The molecule has 6 nitrogen and oxygen atoms in total. The van der Waals surface area contributed by atoms with E-state index in [2.05, 4.69) is 29.6 Å². The SMILES string of the molecule is CCN(CC)c1ccc(C(=O)NNC(=O)c2ccc(C(C)=O)s2)cc1. The molecular weight excluding hydrogens is 338 g/mol. The van der Waals surface area contributed by atoms with Crippen LogP contribution >= 0.6 is 11.3 Å². The van der Waals surface area contributed by atoms with Gasteiger partial charge in [0.25, 0.3) is 11.8 Å². The average molecular weight is 359 g/mol. The van der Waals surface area contributed by atoms with E-state index in [4.69, 9.17) is 0 Å². The van der Waals surface area contributed by atoms with Gasteiger partial charge in [-0.1, -0.05) is 0 Å². The van der Waals surface area contributed by atoms with Crippen molar-refractivity contribution >= 4 is 34.6 Å². The largest absolute Gasteiger partial charge is 0.372 e. The Hall–Kier alpha value is -2.67. The van der Waals surface area contributed by atoms with E-state index in [0.29, 0.717) is 15.3 Å². The smallest absolute Gasteiger partial charge is 0.279 e. The van der Waals surface area contributed by atoms with Crippen LogP contribution in [0.3, 0.4) is 0 Å². The first-order valence-electron chi connectivity index (χ1n) is 8.02. The van der Waals surface area contributed by atoms with E-state index in [9.17, 15) is 14.4 Å². The first-order chi connectivity index (χ1) is 12.0. The summed E-state index contributed by atoms with van der Waals surface area (Å²) in [4.78, 5) is 38.4. The van der Waals surface area contributed by atoms with Crippen molar-refractivity contribution < 1.29 is 14.4 Å². The number of nitrogens with zero attached hydrogens (tertiary/aromatic N) is 1. The highest BCUT2D eigenvalue weighted by molar-refractivity contribution is 7.15. The molecule has 1 aromatic carbocycles. The average Bonchev–Trinajstić information content (AvgIpc) is 3.11. The Bertz CT molecular complexity index is 764. The first-order valence-corrected chi connectivity index (χ1v) is 8.84. The van der Waals surface area contributed by atoms with Crippen LogP contribution in [0.25, 0.3) is 0 Å². The number of carbonyl (C=O) groups is 3. The van der Waals surface area contributed by atoms with E-state index < -0.39 is 11.8 Å². The van der Waals surface area contributed by atoms with E-state index in [1.165, 1.54) is 6.92 Å². The number of anilines is 1. The number of Topliss-reactive ketones (excluding diaryl/α,β-unsaturated/α-hetero) is 1. The van der Waals surface area contributed by atoms with E-state index >= 15 is 0 Å². The fourth-order valence-electron chi connectivity index (χ4n) is 2.31. The molecule has 0 saturated carbocycles. The second kappa shape index (κ2) is 8.43. The maximum atomic E-state index is 12.1. The number of amides is 2. The summed E-state index contributed by atoms with van der Waals surface area (Å²) in [6.07, 6.45) is 0.